The summed E-state index contributed by atoms with van der Waals surface area (Å²) in [6, 6.07) is 7.11. The summed E-state index contributed by atoms with van der Waals surface area (Å²) >= 11 is 1.64. The fourth-order valence-electron chi connectivity index (χ4n) is 2.08. The van der Waals surface area contributed by atoms with Crippen LogP contribution in [-0.4, -0.2) is 40.1 Å². The third-order valence-electron chi connectivity index (χ3n) is 3.14. The number of fused-ring (bicyclic) bond motifs is 1. The van der Waals surface area contributed by atoms with E-state index >= 15 is 0 Å². The van der Waals surface area contributed by atoms with Gasteiger partial charge >= 0.3 is 0 Å². The molecule has 0 spiro atoms. The van der Waals surface area contributed by atoms with Gasteiger partial charge in [0.25, 0.3) is 5.91 Å². The molecule has 0 saturated carbocycles. The second kappa shape index (κ2) is 6.69. The number of anilines is 1. The summed E-state index contributed by atoms with van der Waals surface area (Å²) in [5, 5.41) is 11.6. The van der Waals surface area contributed by atoms with Gasteiger partial charge < -0.3 is 9.47 Å². The molecule has 2 heterocycles. The Labute approximate surface area is 132 Å². The number of thioether (sulfide) groups is 1. The van der Waals surface area contributed by atoms with Gasteiger partial charge in [0, 0.05) is 18.4 Å². The molecule has 1 aromatic heterocycles. The molecule has 116 valence electrons. The topological polar surface area (TPSA) is 78.3 Å². The van der Waals surface area contributed by atoms with Crippen molar-refractivity contribution >= 4 is 23.6 Å². The van der Waals surface area contributed by atoms with Crippen molar-refractivity contribution in [2.24, 2.45) is 0 Å². The number of benzene rings is 1. The lowest BCUT2D eigenvalue weighted by Gasteiger charge is -2.14. The van der Waals surface area contributed by atoms with Gasteiger partial charge in [-0.25, -0.2) is 0 Å². The lowest BCUT2D eigenvalue weighted by Crippen LogP contribution is -2.23. The third-order valence-corrected chi connectivity index (χ3v) is 4.19. The van der Waals surface area contributed by atoms with Crippen LogP contribution in [0, 0.1) is 0 Å². The zero-order chi connectivity index (χ0) is 15.4. The van der Waals surface area contributed by atoms with Crippen molar-refractivity contribution in [2.45, 2.75) is 18.1 Å². The van der Waals surface area contributed by atoms with Crippen LogP contribution in [0.3, 0.4) is 0 Å². The molecule has 0 fully saturated rings. The summed E-state index contributed by atoms with van der Waals surface area (Å²) in [6.07, 6.45) is 1.04. The number of nitrogens with one attached hydrogen (secondary N) is 1. The molecule has 22 heavy (non-hydrogen) atoms. The van der Waals surface area contributed by atoms with Crippen molar-refractivity contribution in [3.8, 4) is 11.5 Å². The number of nitrogens with zero attached hydrogens (tertiary/aromatic N) is 3. The number of methoxy groups -OCH3 is 1. The number of ether oxygens (including phenoxy) is 2. The molecular weight excluding hydrogens is 304 g/mol. The van der Waals surface area contributed by atoms with Gasteiger partial charge in [-0.15, -0.1) is 10.2 Å². The number of hydrogen-bond donors (Lipinski definition) is 1. The van der Waals surface area contributed by atoms with E-state index in [4.69, 9.17) is 9.47 Å². The fraction of sp³-hybridized carbons (Fsp3) is 0.357. The molecule has 3 rings (SSSR count). The standard InChI is InChI=1S/C14H16N4O3S/c1-20-10-4-2-5-11(8-10)21-9-12(19)15-13-16-17-14-18(13)6-3-7-22-14/h2,4-5,8H,3,6-7,9H2,1H3,(H,15,16,19). The zero-order valence-electron chi connectivity index (χ0n) is 12.1. The van der Waals surface area contributed by atoms with Crippen molar-refractivity contribution in [2.75, 3.05) is 24.8 Å². The summed E-state index contributed by atoms with van der Waals surface area (Å²) in [5.74, 6) is 2.50. The molecule has 0 bridgehead atoms. The van der Waals surface area contributed by atoms with E-state index in [9.17, 15) is 4.79 Å². The van der Waals surface area contributed by atoms with E-state index in [0.29, 0.717) is 17.4 Å². The highest BCUT2D eigenvalue weighted by Gasteiger charge is 2.18. The smallest absolute Gasteiger partial charge is 0.264 e. The van der Waals surface area contributed by atoms with Crippen molar-refractivity contribution in [1.82, 2.24) is 14.8 Å². The first-order chi connectivity index (χ1) is 10.8. The summed E-state index contributed by atoms with van der Waals surface area (Å²) in [5.41, 5.74) is 0. The van der Waals surface area contributed by atoms with Gasteiger partial charge in [0.05, 0.1) is 7.11 Å². The van der Waals surface area contributed by atoms with Gasteiger partial charge in [0.2, 0.25) is 5.95 Å². The van der Waals surface area contributed by atoms with E-state index in [2.05, 4.69) is 15.5 Å². The molecule has 1 aliphatic heterocycles. The van der Waals surface area contributed by atoms with Gasteiger partial charge in [-0.05, 0) is 18.6 Å². The minimum Gasteiger partial charge on any atom is -0.497 e. The van der Waals surface area contributed by atoms with E-state index in [1.165, 1.54) is 0 Å². The lowest BCUT2D eigenvalue weighted by atomic mass is 10.3. The Morgan fingerprint density at radius 2 is 2.27 bits per heavy atom. The third kappa shape index (κ3) is 3.33. The second-order valence-corrected chi connectivity index (χ2v) is 5.74. The maximum atomic E-state index is 12.0. The molecule has 1 aromatic carbocycles. The van der Waals surface area contributed by atoms with Crippen molar-refractivity contribution in [3.05, 3.63) is 24.3 Å². The highest BCUT2D eigenvalue weighted by molar-refractivity contribution is 7.99. The van der Waals surface area contributed by atoms with Crippen LogP contribution in [0.2, 0.25) is 0 Å². The van der Waals surface area contributed by atoms with E-state index in [0.717, 1.165) is 23.9 Å². The first kappa shape index (κ1) is 14.7. The molecule has 8 heteroatoms. The molecular formula is C14H16N4O3S. The Hall–Kier alpha value is -2.22. The van der Waals surface area contributed by atoms with Gasteiger partial charge in [-0.1, -0.05) is 17.8 Å². The molecule has 1 aliphatic rings. The van der Waals surface area contributed by atoms with Crippen molar-refractivity contribution in [3.63, 3.8) is 0 Å². The van der Waals surface area contributed by atoms with Crippen LogP contribution in [-0.2, 0) is 11.3 Å². The Morgan fingerprint density at radius 1 is 1.41 bits per heavy atom. The minimum atomic E-state index is -0.270. The van der Waals surface area contributed by atoms with Gasteiger partial charge in [-0.3, -0.25) is 14.7 Å². The highest BCUT2D eigenvalue weighted by atomic mass is 32.2. The molecule has 0 saturated heterocycles. The average molecular weight is 320 g/mol. The van der Waals surface area contributed by atoms with Crippen LogP contribution >= 0.6 is 11.8 Å². The molecule has 0 unspecified atom stereocenters. The quantitative estimate of drug-likeness (QED) is 0.905. The van der Waals surface area contributed by atoms with Crippen molar-refractivity contribution in [1.29, 1.82) is 0 Å². The summed E-state index contributed by atoms with van der Waals surface area (Å²) in [6.45, 7) is 0.726. The van der Waals surface area contributed by atoms with Crippen molar-refractivity contribution < 1.29 is 14.3 Å². The fourth-order valence-corrected chi connectivity index (χ4v) is 2.96. The van der Waals surface area contributed by atoms with Gasteiger partial charge in [0.15, 0.2) is 11.8 Å². The van der Waals surface area contributed by atoms with Gasteiger partial charge in [0.1, 0.15) is 11.5 Å². The highest BCUT2D eigenvalue weighted by Crippen LogP contribution is 2.25. The average Bonchev–Trinajstić information content (AvgIpc) is 2.96. The predicted octanol–water partition coefficient (Wildman–Crippen LogP) is 1.80. The lowest BCUT2D eigenvalue weighted by molar-refractivity contribution is -0.118. The number of rotatable bonds is 5. The zero-order valence-corrected chi connectivity index (χ0v) is 12.9. The monoisotopic (exact) mass is 320 g/mol. The SMILES string of the molecule is COc1cccc(OCC(=O)Nc2nnc3n2CCCS3)c1. The second-order valence-electron chi connectivity index (χ2n) is 4.68. The molecule has 1 amide bonds. The van der Waals surface area contributed by atoms with Crippen LogP contribution in [0.15, 0.2) is 29.4 Å². The van der Waals surface area contributed by atoms with E-state index in [1.54, 1.807) is 37.1 Å². The van der Waals surface area contributed by atoms with E-state index in [1.807, 2.05) is 10.6 Å². The predicted molar refractivity (Wildman–Crippen MR) is 82.5 cm³/mol. The Kier molecular flexibility index (Phi) is 4.47. The van der Waals surface area contributed by atoms with E-state index < -0.39 is 0 Å². The molecule has 0 atom stereocenters. The summed E-state index contributed by atoms with van der Waals surface area (Å²) in [4.78, 5) is 12.0. The molecule has 0 radical (unpaired) electrons. The largest absolute Gasteiger partial charge is 0.497 e. The molecule has 2 aromatic rings. The summed E-state index contributed by atoms with van der Waals surface area (Å²) < 4.78 is 12.5. The molecule has 7 nitrogen and oxygen atoms in total. The Balaban J connectivity index is 1.57. The summed E-state index contributed by atoms with van der Waals surface area (Å²) in [7, 11) is 1.58. The molecule has 0 aliphatic carbocycles. The number of aromatic nitrogens is 3. The number of amides is 1. The van der Waals surface area contributed by atoms with Gasteiger partial charge in [-0.2, -0.15) is 0 Å². The minimum absolute atomic E-state index is 0.0947. The maximum absolute atomic E-state index is 12.0. The Bertz CT molecular complexity index is 674. The van der Waals surface area contributed by atoms with Crippen LogP contribution in [0.1, 0.15) is 6.42 Å². The van der Waals surface area contributed by atoms with Crippen LogP contribution < -0.4 is 14.8 Å². The normalized spacial score (nSPS) is 13.3. The van der Waals surface area contributed by atoms with Crippen LogP contribution in [0.4, 0.5) is 5.95 Å². The van der Waals surface area contributed by atoms with Crippen LogP contribution in [0.25, 0.3) is 0 Å². The van der Waals surface area contributed by atoms with E-state index in [-0.39, 0.29) is 12.5 Å². The first-order valence-electron chi connectivity index (χ1n) is 6.89. The van der Waals surface area contributed by atoms with Crippen LogP contribution in [0.5, 0.6) is 11.5 Å². The number of carbonyl (C=O) groups is 1. The molecule has 1 N–H and O–H groups in total. The number of hydrogen-bond acceptors (Lipinski definition) is 6. The maximum Gasteiger partial charge on any atom is 0.264 e. The first-order valence-corrected chi connectivity index (χ1v) is 7.87. The number of carbonyl (C=O) groups excluding carboxylic acids is 1. The Morgan fingerprint density at radius 3 is 3.14 bits per heavy atom.